The summed E-state index contributed by atoms with van der Waals surface area (Å²) in [4.78, 5) is 33.8. The Balaban J connectivity index is 1.54. The molecule has 4 rings (SSSR count). The third-order valence-corrected chi connectivity index (χ3v) is 5.40. The van der Waals surface area contributed by atoms with Crippen molar-refractivity contribution in [3.8, 4) is 0 Å². The predicted octanol–water partition coefficient (Wildman–Crippen LogP) is 2.59. The molecule has 0 bridgehead atoms. The molecule has 1 aliphatic rings. The average molecular weight is 376 g/mol. The van der Waals surface area contributed by atoms with E-state index >= 15 is 0 Å². The van der Waals surface area contributed by atoms with Crippen LogP contribution in [0.2, 0.25) is 0 Å². The zero-order chi connectivity index (χ0) is 19.7. The molecule has 2 heterocycles. The van der Waals surface area contributed by atoms with Crippen molar-refractivity contribution in [2.24, 2.45) is 7.05 Å². The molecule has 28 heavy (non-hydrogen) atoms. The van der Waals surface area contributed by atoms with E-state index in [-0.39, 0.29) is 11.5 Å². The van der Waals surface area contributed by atoms with Gasteiger partial charge in [-0.3, -0.25) is 9.59 Å². The highest BCUT2D eigenvalue weighted by Gasteiger charge is 2.21. The summed E-state index contributed by atoms with van der Waals surface area (Å²) in [7, 11) is 1.67. The molecule has 1 saturated heterocycles. The first-order chi connectivity index (χ1) is 13.5. The molecule has 0 saturated carbocycles. The van der Waals surface area contributed by atoms with Crippen LogP contribution in [-0.4, -0.2) is 46.5 Å². The van der Waals surface area contributed by atoms with Crippen LogP contribution in [0, 0.1) is 6.92 Å². The zero-order valence-electron chi connectivity index (χ0n) is 16.3. The van der Waals surface area contributed by atoms with E-state index in [1.165, 1.54) is 22.1 Å². The maximum atomic E-state index is 13.1. The fourth-order valence-electron chi connectivity index (χ4n) is 3.81. The van der Waals surface area contributed by atoms with Crippen molar-refractivity contribution in [2.45, 2.75) is 13.3 Å². The SMILES string of the molecule is Cc1ccccc1N1CCCN(C(=O)c2ccc3c(=O)n(C)cnc3c2)CC1. The lowest BCUT2D eigenvalue weighted by Gasteiger charge is -2.25. The maximum Gasteiger partial charge on any atom is 0.260 e. The summed E-state index contributed by atoms with van der Waals surface area (Å²) >= 11 is 0. The van der Waals surface area contributed by atoms with Gasteiger partial charge in [0.05, 0.1) is 17.2 Å². The minimum absolute atomic E-state index is 0.00369. The first kappa shape index (κ1) is 18.2. The van der Waals surface area contributed by atoms with Crippen molar-refractivity contribution >= 4 is 22.5 Å². The lowest BCUT2D eigenvalue weighted by atomic mass is 10.1. The first-order valence-electron chi connectivity index (χ1n) is 9.60. The quantitative estimate of drug-likeness (QED) is 0.690. The van der Waals surface area contributed by atoms with Crippen LogP contribution in [0.5, 0.6) is 0 Å². The Hall–Kier alpha value is -3.15. The molecule has 1 aliphatic heterocycles. The van der Waals surface area contributed by atoms with Gasteiger partial charge >= 0.3 is 0 Å². The van der Waals surface area contributed by atoms with Crippen LogP contribution in [0.1, 0.15) is 22.3 Å². The molecule has 1 amide bonds. The van der Waals surface area contributed by atoms with Gasteiger partial charge in [0.15, 0.2) is 0 Å². The Bertz CT molecular complexity index is 1090. The molecular formula is C22H24N4O2. The number of fused-ring (bicyclic) bond motifs is 1. The highest BCUT2D eigenvalue weighted by Crippen LogP contribution is 2.21. The second-order valence-electron chi connectivity index (χ2n) is 7.31. The summed E-state index contributed by atoms with van der Waals surface area (Å²) in [6.45, 7) is 5.26. The third-order valence-electron chi connectivity index (χ3n) is 5.40. The number of aryl methyl sites for hydroxylation is 2. The van der Waals surface area contributed by atoms with Gasteiger partial charge in [0, 0.05) is 44.5 Å². The van der Waals surface area contributed by atoms with Crippen LogP contribution < -0.4 is 10.5 Å². The van der Waals surface area contributed by atoms with Gasteiger partial charge in [0.1, 0.15) is 0 Å². The molecule has 3 aromatic rings. The van der Waals surface area contributed by atoms with Crippen LogP contribution in [-0.2, 0) is 7.05 Å². The van der Waals surface area contributed by atoms with Crippen molar-refractivity contribution in [3.05, 3.63) is 70.3 Å². The summed E-state index contributed by atoms with van der Waals surface area (Å²) < 4.78 is 1.44. The van der Waals surface area contributed by atoms with Crippen molar-refractivity contribution < 1.29 is 4.79 Å². The molecule has 0 radical (unpaired) electrons. The molecule has 6 nitrogen and oxygen atoms in total. The number of benzene rings is 2. The lowest BCUT2D eigenvalue weighted by molar-refractivity contribution is 0.0767. The summed E-state index contributed by atoms with van der Waals surface area (Å²) in [5.74, 6) is -0.00369. The molecule has 6 heteroatoms. The van der Waals surface area contributed by atoms with Gasteiger partial charge in [-0.15, -0.1) is 0 Å². The number of anilines is 1. The van der Waals surface area contributed by atoms with Crippen molar-refractivity contribution in [3.63, 3.8) is 0 Å². The monoisotopic (exact) mass is 376 g/mol. The summed E-state index contributed by atoms with van der Waals surface area (Å²) in [5, 5.41) is 0.531. The minimum atomic E-state index is -0.104. The van der Waals surface area contributed by atoms with E-state index in [9.17, 15) is 9.59 Å². The molecular weight excluding hydrogens is 352 g/mol. The Kier molecular flexibility index (Phi) is 4.86. The normalized spacial score (nSPS) is 14.9. The number of rotatable bonds is 2. The van der Waals surface area contributed by atoms with Crippen molar-refractivity contribution in [2.75, 3.05) is 31.1 Å². The average Bonchev–Trinajstić information content (AvgIpc) is 2.96. The Morgan fingerprint density at radius 1 is 1.04 bits per heavy atom. The molecule has 0 unspecified atom stereocenters. The maximum absolute atomic E-state index is 13.1. The van der Waals surface area contributed by atoms with Crippen LogP contribution in [0.4, 0.5) is 5.69 Å². The topological polar surface area (TPSA) is 58.4 Å². The van der Waals surface area contributed by atoms with E-state index in [1.807, 2.05) is 11.0 Å². The van der Waals surface area contributed by atoms with Gasteiger partial charge in [0.2, 0.25) is 0 Å². The van der Waals surface area contributed by atoms with Crippen LogP contribution in [0.3, 0.4) is 0 Å². The van der Waals surface area contributed by atoms with Gasteiger partial charge in [0.25, 0.3) is 11.5 Å². The lowest BCUT2D eigenvalue weighted by Crippen LogP contribution is -2.35. The predicted molar refractivity (Wildman–Crippen MR) is 111 cm³/mol. The van der Waals surface area contributed by atoms with E-state index in [2.05, 4.69) is 35.0 Å². The summed E-state index contributed by atoms with van der Waals surface area (Å²) in [5.41, 5.74) is 3.53. The summed E-state index contributed by atoms with van der Waals surface area (Å²) in [6, 6.07) is 13.5. The fourth-order valence-corrected chi connectivity index (χ4v) is 3.81. The number of para-hydroxylation sites is 1. The fraction of sp³-hybridized carbons (Fsp3) is 0.318. The number of aromatic nitrogens is 2. The first-order valence-corrected chi connectivity index (χ1v) is 9.60. The highest BCUT2D eigenvalue weighted by atomic mass is 16.2. The number of amides is 1. The van der Waals surface area contributed by atoms with Crippen molar-refractivity contribution in [1.29, 1.82) is 0 Å². The molecule has 0 spiro atoms. The standard InChI is InChI=1S/C22H24N4O2/c1-16-6-3-4-7-20(16)25-10-5-11-26(13-12-25)21(27)17-8-9-18-19(14-17)23-15-24(2)22(18)28/h3-4,6-9,14-15H,5,10-13H2,1-2H3. The van der Waals surface area contributed by atoms with E-state index < -0.39 is 0 Å². The van der Waals surface area contributed by atoms with E-state index in [0.717, 1.165) is 26.1 Å². The van der Waals surface area contributed by atoms with E-state index in [4.69, 9.17) is 0 Å². The zero-order valence-corrected chi connectivity index (χ0v) is 16.3. The molecule has 0 atom stereocenters. The minimum Gasteiger partial charge on any atom is -0.369 e. The number of carbonyl (C=O) groups excluding carboxylic acids is 1. The van der Waals surface area contributed by atoms with Crippen LogP contribution in [0.15, 0.2) is 53.6 Å². The number of carbonyl (C=O) groups is 1. The molecule has 2 aromatic carbocycles. The molecule has 0 N–H and O–H groups in total. The third kappa shape index (κ3) is 3.38. The smallest absolute Gasteiger partial charge is 0.260 e. The second kappa shape index (κ2) is 7.46. The summed E-state index contributed by atoms with van der Waals surface area (Å²) in [6.07, 6.45) is 2.41. The highest BCUT2D eigenvalue weighted by molar-refractivity contribution is 5.97. The van der Waals surface area contributed by atoms with Crippen LogP contribution >= 0.6 is 0 Å². The molecule has 1 fully saturated rings. The Labute approximate surface area is 164 Å². The van der Waals surface area contributed by atoms with Gasteiger partial charge in [-0.2, -0.15) is 0 Å². The number of nitrogens with zero attached hydrogens (tertiary/aromatic N) is 4. The van der Waals surface area contributed by atoms with Crippen molar-refractivity contribution in [1.82, 2.24) is 14.5 Å². The van der Waals surface area contributed by atoms with Gasteiger partial charge < -0.3 is 14.4 Å². The number of hydrogen-bond donors (Lipinski definition) is 0. The van der Waals surface area contributed by atoms with Gasteiger partial charge in [-0.1, -0.05) is 18.2 Å². The van der Waals surface area contributed by atoms with E-state index in [0.29, 0.717) is 23.0 Å². The van der Waals surface area contributed by atoms with E-state index in [1.54, 1.807) is 25.2 Å². The van der Waals surface area contributed by atoms with Gasteiger partial charge in [-0.05, 0) is 43.2 Å². The van der Waals surface area contributed by atoms with Gasteiger partial charge in [-0.25, -0.2) is 4.98 Å². The Morgan fingerprint density at radius 3 is 2.68 bits per heavy atom. The Morgan fingerprint density at radius 2 is 1.86 bits per heavy atom. The molecule has 144 valence electrons. The molecule has 1 aromatic heterocycles. The largest absolute Gasteiger partial charge is 0.369 e. The number of hydrogen-bond acceptors (Lipinski definition) is 4. The van der Waals surface area contributed by atoms with Crippen LogP contribution in [0.25, 0.3) is 10.9 Å². The second-order valence-corrected chi connectivity index (χ2v) is 7.31. The molecule has 0 aliphatic carbocycles.